The van der Waals surface area contributed by atoms with E-state index in [1.165, 1.54) is 29.2 Å². The second-order valence-corrected chi connectivity index (χ2v) is 11.5. The third kappa shape index (κ3) is 9.07. The lowest BCUT2D eigenvalue weighted by atomic mass is 10.0. The summed E-state index contributed by atoms with van der Waals surface area (Å²) >= 11 is 6.19. The lowest BCUT2D eigenvalue weighted by Crippen LogP contribution is -2.50. The lowest BCUT2D eigenvalue weighted by molar-refractivity contribution is -0.141. The summed E-state index contributed by atoms with van der Waals surface area (Å²) in [5.74, 6) is -1.05. The molecule has 0 radical (unpaired) electrons. The van der Waals surface area contributed by atoms with Crippen molar-refractivity contribution in [3.8, 4) is 0 Å². The maximum Gasteiger partial charge on any atom is 0.243 e. The third-order valence-electron chi connectivity index (χ3n) is 6.13. The Kier molecular flexibility index (Phi) is 10.9. The van der Waals surface area contributed by atoms with Crippen LogP contribution in [0.1, 0.15) is 30.9 Å². The molecule has 208 valence electrons. The first-order valence-corrected chi connectivity index (χ1v) is 14.9. The second kappa shape index (κ2) is 14.1. The normalized spacial score (nSPS) is 12.0. The van der Waals surface area contributed by atoms with E-state index >= 15 is 0 Å². The molecule has 0 fully saturated rings. The Morgan fingerprint density at radius 1 is 0.974 bits per heavy atom. The summed E-state index contributed by atoms with van der Waals surface area (Å²) in [5.41, 5.74) is 1.98. The van der Waals surface area contributed by atoms with Crippen molar-refractivity contribution in [2.75, 3.05) is 23.7 Å². The van der Waals surface area contributed by atoms with E-state index in [1.807, 2.05) is 43.3 Å². The maximum absolute atomic E-state index is 13.7. The topological polar surface area (TPSA) is 86.8 Å². The fourth-order valence-electron chi connectivity index (χ4n) is 4.29. The summed E-state index contributed by atoms with van der Waals surface area (Å²) in [6, 6.07) is 20.9. The van der Waals surface area contributed by atoms with Gasteiger partial charge < -0.3 is 10.2 Å². The Labute approximate surface area is 234 Å². The first-order chi connectivity index (χ1) is 18.6. The first-order valence-electron chi connectivity index (χ1n) is 12.7. The zero-order chi connectivity index (χ0) is 28.4. The van der Waals surface area contributed by atoms with Crippen molar-refractivity contribution in [1.29, 1.82) is 0 Å². The number of amides is 2. The van der Waals surface area contributed by atoms with Crippen LogP contribution in [0.2, 0.25) is 5.02 Å². The number of halogens is 2. The van der Waals surface area contributed by atoms with Crippen LogP contribution in [0.4, 0.5) is 10.1 Å². The zero-order valence-electron chi connectivity index (χ0n) is 22.0. The lowest BCUT2D eigenvalue weighted by Gasteiger charge is -2.32. The number of sulfonamides is 1. The fraction of sp³-hybridized carbons (Fsp3) is 0.310. The Hall–Kier alpha value is -3.43. The average Bonchev–Trinajstić information content (AvgIpc) is 2.89. The number of anilines is 1. The van der Waals surface area contributed by atoms with E-state index in [1.54, 1.807) is 18.2 Å². The SMILES string of the molecule is CCNC(=O)[C@@H](Cc1ccccc1)N(Cc1cccc(Cl)c1)C(=O)CCCN(c1ccc(F)cc1)S(C)(=O)=O. The summed E-state index contributed by atoms with van der Waals surface area (Å²) in [6.45, 7) is 2.40. The first kappa shape index (κ1) is 30.1. The van der Waals surface area contributed by atoms with Gasteiger partial charge in [-0.2, -0.15) is 0 Å². The van der Waals surface area contributed by atoms with E-state index in [4.69, 9.17) is 11.6 Å². The molecule has 0 aromatic heterocycles. The van der Waals surface area contributed by atoms with Crippen LogP contribution in [0.15, 0.2) is 78.9 Å². The quantitative estimate of drug-likeness (QED) is 0.318. The van der Waals surface area contributed by atoms with Gasteiger partial charge in [0.1, 0.15) is 11.9 Å². The third-order valence-corrected chi connectivity index (χ3v) is 7.56. The van der Waals surface area contributed by atoms with Gasteiger partial charge in [0.15, 0.2) is 0 Å². The Balaban J connectivity index is 1.85. The monoisotopic (exact) mass is 573 g/mol. The number of rotatable bonds is 13. The Morgan fingerprint density at radius 2 is 1.64 bits per heavy atom. The van der Waals surface area contributed by atoms with Gasteiger partial charge in [0.2, 0.25) is 21.8 Å². The molecule has 0 aliphatic rings. The summed E-state index contributed by atoms with van der Waals surface area (Å²) in [6.07, 6.45) is 1.57. The highest BCUT2D eigenvalue weighted by molar-refractivity contribution is 7.92. The van der Waals surface area contributed by atoms with Crippen LogP contribution in [-0.2, 0) is 32.6 Å². The molecule has 3 rings (SSSR count). The van der Waals surface area contributed by atoms with E-state index in [2.05, 4.69) is 5.32 Å². The highest BCUT2D eigenvalue weighted by atomic mass is 35.5. The molecule has 10 heteroatoms. The smallest absolute Gasteiger partial charge is 0.243 e. The number of likely N-dealkylation sites (N-methyl/N-ethyl adjacent to an activating group) is 1. The van der Waals surface area contributed by atoms with Gasteiger partial charge in [-0.05, 0) is 60.9 Å². The van der Waals surface area contributed by atoms with Crippen LogP contribution < -0.4 is 9.62 Å². The average molecular weight is 574 g/mol. The molecule has 0 saturated heterocycles. The second-order valence-electron chi connectivity index (χ2n) is 9.17. The number of hydrogen-bond acceptors (Lipinski definition) is 4. The molecule has 1 atom stereocenters. The number of hydrogen-bond donors (Lipinski definition) is 1. The molecule has 3 aromatic carbocycles. The predicted molar refractivity (Wildman–Crippen MR) is 152 cm³/mol. The molecule has 1 N–H and O–H groups in total. The molecule has 0 aliphatic carbocycles. The number of carbonyl (C=O) groups is 2. The zero-order valence-corrected chi connectivity index (χ0v) is 23.6. The number of nitrogens with one attached hydrogen (secondary N) is 1. The van der Waals surface area contributed by atoms with E-state index in [0.29, 0.717) is 23.7 Å². The van der Waals surface area contributed by atoms with Gasteiger partial charge in [-0.3, -0.25) is 13.9 Å². The highest BCUT2D eigenvalue weighted by Gasteiger charge is 2.30. The van der Waals surface area contributed by atoms with Crippen LogP contribution in [0.25, 0.3) is 0 Å². The van der Waals surface area contributed by atoms with Crippen molar-refractivity contribution in [3.05, 3.63) is 101 Å². The molecule has 39 heavy (non-hydrogen) atoms. The van der Waals surface area contributed by atoms with Gasteiger partial charge in [0.05, 0.1) is 11.9 Å². The van der Waals surface area contributed by atoms with Crippen LogP contribution in [0.3, 0.4) is 0 Å². The van der Waals surface area contributed by atoms with Crippen molar-refractivity contribution < 1.29 is 22.4 Å². The van der Waals surface area contributed by atoms with Crippen molar-refractivity contribution in [1.82, 2.24) is 10.2 Å². The van der Waals surface area contributed by atoms with Gasteiger partial charge in [-0.25, -0.2) is 12.8 Å². The minimum Gasteiger partial charge on any atom is -0.355 e. The maximum atomic E-state index is 13.7. The van der Waals surface area contributed by atoms with Gasteiger partial charge in [-0.15, -0.1) is 0 Å². The minimum absolute atomic E-state index is 0.00151. The predicted octanol–water partition coefficient (Wildman–Crippen LogP) is 4.80. The van der Waals surface area contributed by atoms with Crippen molar-refractivity contribution in [2.45, 2.75) is 38.8 Å². The van der Waals surface area contributed by atoms with Gasteiger partial charge >= 0.3 is 0 Å². The summed E-state index contributed by atoms with van der Waals surface area (Å²) in [5, 5.41) is 3.36. The summed E-state index contributed by atoms with van der Waals surface area (Å²) < 4.78 is 39.4. The van der Waals surface area contributed by atoms with Gasteiger partial charge in [0.25, 0.3) is 0 Å². The number of carbonyl (C=O) groups excluding carboxylic acids is 2. The highest BCUT2D eigenvalue weighted by Crippen LogP contribution is 2.21. The molecule has 0 heterocycles. The van der Waals surface area contributed by atoms with Crippen molar-refractivity contribution in [3.63, 3.8) is 0 Å². The molecule has 0 unspecified atom stereocenters. The van der Waals surface area contributed by atoms with Gasteiger partial charge in [0, 0.05) is 37.5 Å². The van der Waals surface area contributed by atoms with Crippen LogP contribution in [-0.4, -0.2) is 50.5 Å². The van der Waals surface area contributed by atoms with Gasteiger partial charge in [-0.1, -0.05) is 54.1 Å². The number of benzene rings is 3. The molecule has 2 amide bonds. The van der Waals surface area contributed by atoms with E-state index in [0.717, 1.165) is 21.7 Å². The van der Waals surface area contributed by atoms with E-state index in [9.17, 15) is 22.4 Å². The van der Waals surface area contributed by atoms with E-state index < -0.39 is 21.9 Å². The molecule has 0 bridgehead atoms. The summed E-state index contributed by atoms with van der Waals surface area (Å²) in [7, 11) is -3.67. The van der Waals surface area contributed by atoms with Crippen molar-refractivity contribution in [2.24, 2.45) is 0 Å². The molecule has 0 saturated carbocycles. The van der Waals surface area contributed by atoms with Crippen LogP contribution in [0.5, 0.6) is 0 Å². The largest absolute Gasteiger partial charge is 0.355 e. The van der Waals surface area contributed by atoms with Crippen LogP contribution >= 0.6 is 11.6 Å². The molecule has 3 aromatic rings. The van der Waals surface area contributed by atoms with E-state index in [-0.39, 0.29) is 37.7 Å². The summed E-state index contributed by atoms with van der Waals surface area (Å²) in [4.78, 5) is 28.4. The molecule has 0 aliphatic heterocycles. The van der Waals surface area contributed by atoms with Crippen LogP contribution in [0, 0.1) is 5.82 Å². The molecular formula is C29H33ClFN3O4S. The number of nitrogens with zero attached hydrogens (tertiary/aromatic N) is 2. The molecule has 0 spiro atoms. The molecule has 7 nitrogen and oxygen atoms in total. The Morgan fingerprint density at radius 3 is 2.26 bits per heavy atom. The minimum atomic E-state index is -3.67. The van der Waals surface area contributed by atoms with Crippen molar-refractivity contribution >= 4 is 39.1 Å². The molecular weight excluding hydrogens is 541 g/mol. The Bertz CT molecular complexity index is 1350. The standard InChI is InChI=1S/C29H33ClFN3O4S/c1-3-32-29(36)27(20-22-9-5-4-6-10-22)33(21-23-11-7-12-24(30)19-23)28(35)13-8-18-34(39(2,37)38)26-16-14-25(31)15-17-26/h4-7,9-12,14-17,19,27H,3,8,13,18,20-21H2,1-2H3,(H,32,36)/t27-/m1/s1. The fourth-order valence-corrected chi connectivity index (χ4v) is 5.47.